The van der Waals surface area contributed by atoms with Crippen LogP contribution in [0.15, 0.2) is 12.1 Å². The maximum Gasteiger partial charge on any atom is 0.266 e. The van der Waals surface area contributed by atoms with Gasteiger partial charge in [0.25, 0.3) is 6.43 Å². The molecule has 0 aromatic heterocycles. The van der Waals surface area contributed by atoms with Crippen molar-refractivity contribution in [2.75, 3.05) is 6.61 Å². The van der Waals surface area contributed by atoms with Gasteiger partial charge in [-0.3, -0.25) is 0 Å². The summed E-state index contributed by atoms with van der Waals surface area (Å²) in [6, 6.07) is 3.55. The summed E-state index contributed by atoms with van der Waals surface area (Å²) in [6.07, 6.45) is 6.39. The topological polar surface area (TPSA) is 9.23 Å². The molecule has 1 saturated carbocycles. The van der Waals surface area contributed by atoms with E-state index in [1.165, 1.54) is 12.8 Å². The van der Waals surface area contributed by atoms with Crippen LogP contribution >= 0.6 is 0 Å². The Morgan fingerprint density at radius 3 is 2.19 bits per heavy atom. The molecule has 1 aliphatic carbocycles. The number of halogens is 3. The fraction of sp³-hybridized carbons (Fsp3) is 0.739. The van der Waals surface area contributed by atoms with E-state index < -0.39 is 12.2 Å². The smallest absolute Gasteiger partial charge is 0.266 e. The molecule has 4 heteroatoms. The van der Waals surface area contributed by atoms with Gasteiger partial charge in [-0.05, 0) is 67.9 Å². The number of ether oxygens (including phenoxy) is 1. The average Bonchev–Trinajstić information content (AvgIpc) is 2.68. The molecule has 2 aliphatic rings. The van der Waals surface area contributed by atoms with Gasteiger partial charge in [0.1, 0.15) is 5.82 Å². The van der Waals surface area contributed by atoms with Gasteiger partial charge in [0.05, 0.1) is 18.3 Å². The van der Waals surface area contributed by atoms with Gasteiger partial charge in [-0.25, -0.2) is 13.2 Å². The molecule has 0 amide bonds. The Labute approximate surface area is 161 Å². The fourth-order valence-electron chi connectivity index (χ4n) is 5.06. The molecule has 0 spiro atoms. The van der Waals surface area contributed by atoms with Crippen molar-refractivity contribution in [1.82, 2.24) is 0 Å². The van der Waals surface area contributed by atoms with E-state index in [9.17, 15) is 8.78 Å². The maximum absolute atomic E-state index is 15.2. The second-order valence-electron chi connectivity index (χ2n) is 8.42. The highest BCUT2D eigenvalue weighted by atomic mass is 19.3. The maximum atomic E-state index is 15.2. The van der Waals surface area contributed by atoms with E-state index in [0.717, 1.165) is 44.9 Å². The minimum atomic E-state index is -2.78. The SMILES string of the molecule is CCCC1CCC(c2ccc(C3CCC(CC)OC3)c(C(F)F)c2F)CC1. The predicted octanol–water partition coefficient (Wildman–Crippen LogP) is 7.51. The molecule has 3 rings (SSSR count). The van der Waals surface area contributed by atoms with E-state index in [4.69, 9.17) is 4.74 Å². The zero-order valence-corrected chi connectivity index (χ0v) is 16.7. The molecule has 2 unspecified atom stereocenters. The highest BCUT2D eigenvalue weighted by Gasteiger charge is 2.32. The standard InChI is InChI=1S/C23H33F3O/c1-3-5-15-6-8-16(9-7-15)20-13-12-19(21(22(20)24)23(25)26)17-10-11-18(4-2)27-14-17/h12-13,15-18,23H,3-11,14H2,1-2H3. The summed E-state index contributed by atoms with van der Waals surface area (Å²) in [5.41, 5.74) is 0.597. The third-order valence-corrected chi connectivity index (χ3v) is 6.71. The number of hydrogen-bond acceptors (Lipinski definition) is 1. The number of benzene rings is 1. The first-order valence-electron chi connectivity index (χ1n) is 10.8. The van der Waals surface area contributed by atoms with Gasteiger partial charge < -0.3 is 4.74 Å². The monoisotopic (exact) mass is 382 g/mol. The van der Waals surface area contributed by atoms with Crippen LogP contribution in [0.2, 0.25) is 0 Å². The average molecular weight is 383 g/mol. The van der Waals surface area contributed by atoms with Gasteiger partial charge in [-0.2, -0.15) is 0 Å². The van der Waals surface area contributed by atoms with Crippen LogP contribution in [0.3, 0.4) is 0 Å². The lowest BCUT2D eigenvalue weighted by Gasteiger charge is -2.32. The van der Waals surface area contributed by atoms with Gasteiger partial charge in [0.15, 0.2) is 0 Å². The van der Waals surface area contributed by atoms with Crippen LogP contribution in [0.25, 0.3) is 0 Å². The van der Waals surface area contributed by atoms with Crippen molar-refractivity contribution in [2.24, 2.45) is 5.92 Å². The van der Waals surface area contributed by atoms with Crippen LogP contribution in [0.5, 0.6) is 0 Å². The van der Waals surface area contributed by atoms with Crippen LogP contribution in [-0.4, -0.2) is 12.7 Å². The molecule has 0 radical (unpaired) electrons. The molecule has 1 aromatic carbocycles. The molecular weight excluding hydrogens is 349 g/mol. The Balaban J connectivity index is 1.79. The summed E-state index contributed by atoms with van der Waals surface area (Å²) >= 11 is 0. The summed E-state index contributed by atoms with van der Waals surface area (Å²) < 4.78 is 48.6. The normalized spacial score (nSPS) is 29.3. The molecule has 0 N–H and O–H groups in total. The molecule has 27 heavy (non-hydrogen) atoms. The lowest BCUT2D eigenvalue weighted by molar-refractivity contribution is 0.00118. The number of rotatable bonds is 6. The number of alkyl halides is 2. The van der Waals surface area contributed by atoms with Crippen molar-refractivity contribution in [3.8, 4) is 0 Å². The van der Waals surface area contributed by atoms with Crippen molar-refractivity contribution in [2.45, 2.75) is 96.0 Å². The second kappa shape index (κ2) is 9.45. The number of hydrogen-bond donors (Lipinski definition) is 0. The molecule has 1 aromatic rings. The van der Waals surface area contributed by atoms with E-state index in [1.54, 1.807) is 12.1 Å². The first-order valence-corrected chi connectivity index (χ1v) is 10.8. The van der Waals surface area contributed by atoms with E-state index >= 15 is 4.39 Å². The van der Waals surface area contributed by atoms with E-state index in [-0.39, 0.29) is 23.5 Å². The van der Waals surface area contributed by atoms with Crippen molar-refractivity contribution < 1.29 is 17.9 Å². The Bertz CT molecular complexity index is 600. The van der Waals surface area contributed by atoms with Crippen LogP contribution < -0.4 is 0 Å². The largest absolute Gasteiger partial charge is 0.378 e. The highest BCUT2D eigenvalue weighted by Crippen LogP contribution is 2.43. The van der Waals surface area contributed by atoms with Gasteiger partial charge in [-0.1, -0.05) is 38.8 Å². The Hall–Kier alpha value is -1.03. The van der Waals surface area contributed by atoms with Gasteiger partial charge in [0.2, 0.25) is 0 Å². The van der Waals surface area contributed by atoms with Gasteiger partial charge in [-0.15, -0.1) is 0 Å². The molecule has 1 saturated heterocycles. The lowest BCUT2D eigenvalue weighted by atomic mass is 9.76. The minimum Gasteiger partial charge on any atom is -0.378 e. The minimum absolute atomic E-state index is 0.0803. The van der Waals surface area contributed by atoms with Crippen LogP contribution in [0, 0.1) is 11.7 Å². The van der Waals surface area contributed by atoms with E-state index in [0.29, 0.717) is 23.7 Å². The lowest BCUT2D eigenvalue weighted by Crippen LogP contribution is -2.25. The second-order valence-corrected chi connectivity index (χ2v) is 8.42. The zero-order chi connectivity index (χ0) is 19.4. The van der Waals surface area contributed by atoms with Crippen molar-refractivity contribution >= 4 is 0 Å². The molecule has 1 heterocycles. The zero-order valence-electron chi connectivity index (χ0n) is 16.7. The Morgan fingerprint density at radius 1 is 0.963 bits per heavy atom. The van der Waals surface area contributed by atoms with Crippen LogP contribution in [-0.2, 0) is 4.74 Å². The Morgan fingerprint density at radius 2 is 1.63 bits per heavy atom. The summed E-state index contributed by atoms with van der Waals surface area (Å²) in [7, 11) is 0. The first kappa shape index (κ1) is 20.7. The predicted molar refractivity (Wildman–Crippen MR) is 103 cm³/mol. The molecule has 1 nitrogen and oxygen atoms in total. The summed E-state index contributed by atoms with van der Waals surface area (Å²) in [5, 5.41) is 0. The summed E-state index contributed by atoms with van der Waals surface area (Å²) in [4.78, 5) is 0. The molecule has 2 fully saturated rings. The molecular formula is C23H33F3O. The molecule has 152 valence electrons. The van der Waals surface area contributed by atoms with Crippen LogP contribution in [0.4, 0.5) is 13.2 Å². The fourth-order valence-corrected chi connectivity index (χ4v) is 5.06. The Kier molecular flexibility index (Phi) is 7.24. The van der Waals surface area contributed by atoms with Crippen molar-refractivity contribution in [3.63, 3.8) is 0 Å². The van der Waals surface area contributed by atoms with Crippen molar-refractivity contribution in [3.05, 3.63) is 34.6 Å². The highest BCUT2D eigenvalue weighted by molar-refractivity contribution is 5.39. The summed E-state index contributed by atoms with van der Waals surface area (Å²) in [6.45, 7) is 4.68. The summed E-state index contributed by atoms with van der Waals surface area (Å²) in [5.74, 6) is 0.0190. The molecule has 2 atom stereocenters. The first-order chi connectivity index (χ1) is 13.0. The van der Waals surface area contributed by atoms with E-state index in [2.05, 4.69) is 13.8 Å². The molecule has 1 aliphatic heterocycles. The molecule has 0 bridgehead atoms. The third-order valence-electron chi connectivity index (χ3n) is 6.71. The van der Waals surface area contributed by atoms with Gasteiger partial charge in [0, 0.05) is 5.92 Å². The van der Waals surface area contributed by atoms with Crippen LogP contribution in [0.1, 0.15) is 107 Å². The quantitative estimate of drug-likeness (QED) is 0.494. The third kappa shape index (κ3) is 4.70. The van der Waals surface area contributed by atoms with E-state index in [1.807, 2.05) is 0 Å². The van der Waals surface area contributed by atoms with Gasteiger partial charge >= 0.3 is 0 Å². The van der Waals surface area contributed by atoms with Crippen molar-refractivity contribution in [1.29, 1.82) is 0 Å².